The smallest absolute Gasteiger partial charge is 0.182 e. The maximum Gasteiger partial charge on any atom is 0.182 e. The van der Waals surface area contributed by atoms with E-state index in [4.69, 9.17) is 0 Å². The molecule has 2 aromatic heterocycles. The van der Waals surface area contributed by atoms with Gasteiger partial charge in [0.15, 0.2) is 11.5 Å². The van der Waals surface area contributed by atoms with Crippen molar-refractivity contribution in [2.75, 3.05) is 0 Å². The quantitative estimate of drug-likeness (QED) is 0.560. The summed E-state index contributed by atoms with van der Waals surface area (Å²) >= 11 is 0. The molecule has 0 radical (unpaired) electrons. The second kappa shape index (κ2) is 5.60. The molecule has 4 aromatic rings. The lowest BCUT2D eigenvalue weighted by Gasteiger charge is -2.04. The number of hydrogen-bond acceptors (Lipinski definition) is 3. The zero-order chi connectivity index (χ0) is 16.5. The van der Waals surface area contributed by atoms with Crippen LogP contribution in [0.2, 0.25) is 0 Å². The van der Waals surface area contributed by atoms with Crippen LogP contribution in [0, 0.1) is 17.1 Å². The van der Waals surface area contributed by atoms with Crippen LogP contribution >= 0.6 is 0 Å². The minimum atomic E-state index is -0.315. The lowest BCUT2D eigenvalue weighted by molar-refractivity contribution is 0.628. The van der Waals surface area contributed by atoms with E-state index in [2.05, 4.69) is 16.2 Å². The first-order valence-corrected chi connectivity index (χ1v) is 7.37. The molecule has 4 rings (SSSR count). The van der Waals surface area contributed by atoms with Crippen molar-refractivity contribution in [1.29, 1.82) is 5.26 Å². The highest BCUT2D eigenvalue weighted by Gasteiger charge is 2.14. The predicted molar refractivity (Wildman–Crippen MR) is 88.5 cm³/mol. The third kappa shape index (κ3) is 2.31. The molecular weight excluding hydrogens is 303 g/mol. The van der Waals surface area contributed by atoms with Crippen molar-refractivity contribution in [3.63, 3.8) is 0 Å². The molecular formula is C19H11FN4. The van der Waals surface area contributed by atoms with Crippen LogP contribution in [0.1, 0.15) is 5.56 Å². The molecule has 0 saturated heterocycles. The summed E-state index contributed by atoms with van der Waals surface area (Å²) in [4.78, 5) is 4.48. The van der Waals surface area contributed by atoms with E-state index in [1.807, 2.05) is 36.4 Å². The van der Waals surface area contributed by atoms with Gasteiger partial charge in [0.25, 0.3) is 0 Å². The molecule has 0 aliphatic carbocycles. The monoisotopic (exact) mass is 314 g/mol. The molecule has 0 spiro atoms. The number of nitrogens with zero attached hydrogens (tertiary/aromatic N) is 4. The number of hydrogen-bond donors (Lipinski definition) is 0. The van der Waals surface area contributed by atoms with Gasteiger partial charge in [-0.05, 0) is 36.4 Å². The molecule has 0 aliphatic rings. The predicted octanol–water partition coefficient (Wildman–Crippen LogP) is 4.07. The van der Waals surface area contributed by atoms with E-state index < -0.39 is 0 Å². The highest BCUT2D eigenvalue weighted by molar-refractivity contribution is 5.69. The van der Waals surface area contributed by atoms with E-state index in [-0.39, 0.29) is 5.82 Å². The number of pyridine rings is 1. The first kappa shape index (κ1) is 14.1. The Balaban J connectivity index is 1.97. The van der Waals surface area contributed by atoms with Gasteiger partial charge in [-0.15, -0.1) is 5.10 Å². The molecule has 114 valence electrons. The highest BCUT2D eigenvalue weighted by atomic mass is 19.1. The standard InChI is InChI=1S/C19H11FN4/c20-16-9-6-14(7-10-16)18-22-19-15(12-21)8-11-17(24(19)23-18)13-4-2-1-3-5-13/h1-11H. The van der Waals surface area contributed by atoms with Crippen molar-refractivity contribution in [3.05, 3.63) is 78.1 Å². The van der Waals surface area contributed by atoms with Crippen LogP contribution in [0.4, 0.5) is 4.39 Å². The van der Waals surface area contributed by atoms with E-state index in [9.17, 15) is 9.65 Å². The zero-order valence-electron chi connectivity index (χ0n) is 12.5. The summed E-state index contributed by atoms with van der Waals surface area (Å²) in [6.45, 7) is 0. The van der Waals surface area contributed by atoms with E-state index in [0.717, 1.165) is 11.3 Å². The van der Waals surface area contributed by atoms with Crippen molar-refractivity contribution in [3.8, 4) is 28.7 Å². The van der Waals surface area contributed by atoms with Gasteiger partial charge in [0.1, 0.15) is 11.9 Å². The van der Waals surface area contributed by atoms with Crippen molar-refractivity contribution >= 4 is 5.65 Å². The highest BCUT2D eigenvalue weighted by Crippen LogP contribution is 2.24. The van der Waals surface area contributed by atoms with Crippen molar-refractivity contribution in [1.82, 2.24) is 14.6 Å². The Kier molecular flexibility index (Phi) is 3.29. The molecule has 0 atom stereocenters. The summed E-state index contributed by atoms with van der Waals surface area (Å²) in [6, 6.07) is 21.5. The van der Waals surface area contributed by atoms with Gasteiger partial charge in [-0.3, -0.25) is 0 Å². The molecule has 0 amide bonds. The average Bonchev–Trinajstić information content (AvgIpc) is 3.07. The lowest BCUT2D eigenvalue weighted by atomic mass is 10.1. The molecule has 4 nitrogen and oxygen atoms in total. The topological polar surface area (TPSA) is 54.0 Å². The summed E-state index contributed by atoms with van der Waals surface area (Å²) in [5.74, 6) is 0.139. The molecule has 0 bridgehead atoms. The molecule has 0 fully saturated rings. The number of nitriles is 1. The van der Waals surface area contributed by atoms with Gasteiger partial charge in [0.05, 0.1) is 11.3 Å². The van der Waals surface area contributed by atoms with Crippen LogP contribution in [-0.4, -0.2) is 14.6 Å². The Labute approximate surface area is 137 Å². The summed E-state index contributed by atoms with van der Waals surface area (Å²) in [5.41, 5.74) is 3.43. The molecule has 0 unspecified atom stereocenters. The Morgan fingerprint density at radius 3 is 2.33 bits per heavy atom. The van der Waals surface area contributed by atoms with Crippen LogP contribution in [0.15, 0.2) is 66.7 Å². The second-order valence-corrected chi connectivity index (χ2v) is 5.29. The minimum absolute atomic E-state index is 0.315. The largest absolute Gasteiger partial charge is 0.211 e. The van der Waals surface area contributed by atoms with Gasteiger partial charge in [-0.2, -0.15) is 5.26 Å². The van der Waals surface area contributed by atoms with Crippen molar-refractivity contribution in [2.24, 2.45) is 0 Å². The molecule has 24 heavy (non-hydrogen) atoms. The van der Waals surface area contributed by atoms with Gasteiger partial charge in [0, 0.05) is 11.1 Å². The summed E-state index contributed by atoms with van der Waals surface area (Å²) < 4.78 is 14.8. The number of rotatable bonds is 2. The van der Waals surface area contributed by atoms with E-state index in [0.29, 0.717) is 22.6 Å². The van der Waals surface area contributed by atoms with E-state index in [1.54, 1.807) is 22.7 Å². The number of aromatic nitrogens is 3. The van der Waals surface area contributed by atoms with Gasteiger partial charge >= 0.3 is 0 Å². The minimum Gasteiger partial charge on any atom is -0.211 e. The summed E-state index contributed by atoms with van der Waals surface area (Å²) in [5, 5.41) is 13.9. The third-order valence-electron chi connectivity index (χ3n) is 3.78. The molecule has 5 heteroatoms. The van der Waals surface area contributed by atoms with Crippen LogP contribution in [0.25, 0.3) is 28.3 Å². The second-order valence-electron chi connectivity index (χ2n) is 5.29. The third-order valence-corrected chi connectivity index (χ3v) is 3.78. The van der Waals surface area contributed by atoms with Crippen molar-refractivity contribution < 1.29 is 4.39 Å². The lowest BCUT2D eigenvalue weighted by Crippen LogP contribution is -1.96. The van der Waals surface area contributed by atoms with Gasteiger partial charge in [-0.1, -0.05) is 30.3 Å². The number of benzene rings is 2. The molecule has 2 heterocycles. The maximum absolute atomic E-state index is 13.1. The Morgan fingerprint density at radius 1 is 0.875 bits per heavy atom. The first-order chi connectivity index (χ1) is 11.8. The number of halogens is 1. The zero-order valence-corrected chi connectivity index (χ0v) is 12.5. The fourth-order valence-corrected chi connectivity index (χ4v) is 2.60. The van der Waals surface area contributed by atoms with Crippen LogP contribution in [0.5, 0.6) is 0 Å². The van der Waals surface area contributed by atoms with Gasteiger partial charge in [0.2, 0.25) is 0 Å². The SMILES string of the molecule is N#Cc1ccc(-c2ccccc2)n2nc(-c3ccc(F)cc3)nc12. The Hall–Kier alpha value is -3.52. The summed E-state index contributed by atoms with van der Waals surface area (Å²) in [6.07, 6.45) is 0. The fourth-order valence-electron chi connectivity index (χ4n) is 2.60. The molecule has 2 aromatic carbocycles. The first-order valence-electron chi connectivity index (χ1n) is 7.37. The Morgan fingerprint density at radius 2 is 1.62 bits per heavy atom. The molecule has 0 N–H and O–H groups in total. The van der Waals surface area contributed by atoms with Crippen LogP contribution in [0.3, 0.4) is 0 Å². The van der Waals surface area contributed by atoms with E-state index >= 15 is 0 Å². The number of fused-ring (bicyclic) bond motifs is 1. The molecule has 0 aliphatic heterocycles. The normalized spacial score (nSPS) is 10.7. The average molecular weight is 314 g/mol. The van der Waals surface area contributed by atoms with Crippen molar-refractivity contribution in [2.45, 2.75) is 0 Å². The van der Waals surface area contributed by atoms with Crippen LogP contribution < -0.4 is 0 Å². The van der Waals surface area contributed by atoms with E-state index in [1.165, 1.54) is 12.1 Å². The van der Waals surface area contributed by atoms with Crippen LogP contribution in [-0.2, 0) is 0 Å². The Bertz CT molecular complexity index is 1060. The fraction of sp³-hybridized carbons (Fsp3) is 0. The maximum atomic E-state index is 13.1. The summed E-state index contributed by atoms with van der Waals surface area (Å²) in [7, 11) is 0. The molecule has 0 saturated carbocycles. The van der Waals surface area contributed by atoms with Gasteiger partial charge in [-0.25, -0.2) is 13.9 Å². The van der Waals surface area contributed by atoms with Gasteiger partial charge < -0.3 is 0 Å².